The zero-order valence-electron chi connectivity index (χ0n) is 18.0. The average Bonchev–Trinajstić information content (AvgIpc) is 3.21. The first kappa shape index (κ1) is 19.0. The molecule has 4 heterocycles. The van der Waals surface area contributed by atoms with Gasteiger partial charge in [-0.1, -0.05) is 24.3 Å². The fourth-order valence-electron chi connectivity index (χ4n) is 4.51. The molecule has 0 bridgehead atoms. The van der Waals surface area contributed by atoms with E-state index in [1.807, 2.05) is 34.6 Å². The van der Waals surface area contributed by atoms with E-state index in [-0.39, 0.29) is 0 Å². The van der Waals surface area contributed by atoms with Gasteiger partial charge in [0.2, 0.25) is 0 Å². The van der Waals surface area contributed by atoms with Crippen LogP contribution in [0.5, 0.6) is 0 Å². The second kappa shape index (κ2) is 7.75. The highest BCUT2D eigenvalue weighted by molar-refractivity contribution is 5.78. The minimum Gasteiger partial charge on any atom is -0.364 e. The molecule has 7 nitrogen and oxygen atoms in total. The third-order valence-corrected chi connectivity index (χ3v) is 6.33. The Morgan fingerprint density at radius 3 is 2.88 bits per heavy atom. The molecule has 2 atom stereocenters. The quantitative estimate of drug-likeness (QED) is 0.421. The molecule has 0 amide bonds. The number of aromatic nitrogens is 6. The molecule has 1 aromatic carbocycles. The summed E-state index contributed by atoms with van der Waals surface area (Å²) >= 11 is 0. The molecule has 7 heteroatoms. The van der Waals surface area contributed by atoms with Crippen LogP contribution in [0, 0.1) is 5.92 Å². The molecule has 1 fully saturated rings. The third-order valence-electron chi connectivity index (χ3n) is 6.33. The normalized spacial score (nSPS) is 17.8. The molecular weight excluding hydrogens is 398 g/mol. The molecule has 6 rings (SSSR count). The second-order valence-corrected chi connectivity index (χ2v) is 8.64. The molecule has 1 N–H and O–H groups in total. The minimum absolute atomic E-state index is 0.569. The number of fused-ring (bicyclic) bond motifs is 2. The van der Waals surface area contributed by atoms with Gasteiger partial charge in [-0.3, -0.25) is 9.67 Å². The van der Waals surface area contributed by atoms with E-state index in [4.69, 9.17) is 9.97 Å². The zero-order valence-corrected chi connectivity index (χ0v) is 18.0. The van der Waals surface area contributed by atoms with Crippen LogP contribution in [0.1, 0.15) is 35.8 Å². The Hall–Kier alpha value is -3.74. The first-order chi connectivity index (χ1) is 15.7. The Morgan fingerprint density at radius 2 is 1.97 bits per heavy atom. The van der Waals surface area contributed by atoms with Crippen molar-refractivity contribution in [2.24, 2.45) is 13.0 Å². The van der Waals surface area contributed by atoms with Crippen molar-refractivity contribution in [2.75, 3.05) is 5.32 Å². The third kappa shape index (κ3) is 3.70. The lowest BCUT2D eigenvalue weighted by atomic mass is 10.1. The molecule has 0 spiro atoms. The van der Waals surface area contributed by atoms with Crippen LogP contribution in [-0.4, -0.2) is 29.4 Å². The summed E-state index contributed by atoms with van der Waals surface area (Å²) in [6.45, 7) is 0.650. The largest absolute Gasteiger partial charge is 0.364 e. The number of pyridine rings is 1. The van der Waals surface area contributed by atoms with Crippen molar-refractivity contribution >= 4 is 22.4 Å². The van der Waals surface area contributed by atoms with Crippen LogP contribution >= 0.6 is 0 Å². The van der Waals surface area contributed by atoms with E-state index in [9.17, 15) is 0 Å². The molecular formula is C25H25N7. The number of hydrogen-bond donors (Lipinski definition) is 1. The number of benzene rings is 1. The summed E-state index contributed by atoms with van der Waals surface area (Å²) in [6, 6.07) is 18.8. The lowest BCUT2D eigenvalue weighted by molar-refractivity contribution is 0.687. The molecule has 1 aliphatic rings. The first-order valence-electron chi connectivity index (χ1n) is 11.1. The van der Waals surface area contributed by atoms with Gasteiger partial charge in [-0.15, -0.1) is 0 Å². The van der Waals surface area contributed by atoms with Crippen LogP contribution in [-0.2, 0) is 20.0 Å². The molecule has 0 radical (unpaired) electrons. The zero-order chi connectivity index (χ0) is 21.5. The van der Waals surface area contributed by atoms with E-state index < -0.39 is 0 Å². The Labute approximate surface area is 186 Å². The van der Waals surface area contributed by atoms with Crippen LogP contribution in [0.25, 0.3) is 16.6 Å². The van der Waals surface area contributed by atoms with Crippen LogP contribution < -0.4 is 5.32 Å². The van der Waals surface area contributed by atoms with Gasteiger partial charge in [-0.25, -0.2) is 4.98 Å². The van der Waals surface area contributed by atoms with Gasteiger partial charge in [0.15, 0.2) is 5.65 Å². The molecule has 1 saturated carbocycles. The van der Waals surface area contributed by atoms with E-state index in [1.54, 1.807) is 6.20 Å². The van der Waals surface area contributed by atoms with Gasteiger partial charge in [0, 0.05) is 48.1 Å². The molecule has 160 valence electrons. The van der Waals surface area contributed by atoms with Crippen molar-refractivity contribution in [3.8, 4) is 0 Å². The van der Waals surface area contributed by atoms with Gasteiger partial charge in [0.25, 0.3) is 0 Å². The lowest BCUT2D eigenvalue weighted by Crippen LogP contribution is -2.08. The van der Waals surface area contributed by atoms with E-state index >= 15 is 0 Å². The number of anilines is 1. The molecule has 4 aromatic heterocycles. The van der Waals surface area contributed by atoms with Gasteiger partial charge in [-0.05, 0) is 43.4 Å². The van der Waals surface area contributed by atoms with Crippen LogP contribution in [0.2, 0.25) is 0 Å². The number of nitrogens with zero attached hydrogens (tertiary/aromatic N) is 6. The summed E-state index contributed by atoms with van der Waals surface area (Å²) < 4.78 is 3.67. The van der Waals surface area contributed by atoms with Crippen molar-refractivity contribution < 1.29 is 0 Å². The van der Waals surface area contributed by atoms with Crippen LogP contribution in [0.15, 0.2) is 67.0 Å². The van der Waals surface area contributed by atoms with E-state index in [0.717, 1.165) is 41.2 Å². The number of hydrogen-bond acceptors (Lipinski definition) is 5. The predicted octanol–water partition coefficient (Wildman–Crippen LogP) is 4.36. The average molecular weight is 424 g/mol. The highest BCUT2D eigenvalue weighted by Gasteiger charge is 2.38. The van der Waals surface area contributed by atoms with E-state index in [0.29, 0.717) is 18.4 Å². The maximum Gasteiger partial charge on any atom is 0.157 e. The second-order valence-electron chi connectivity index (χ2n) is 8.64. The van der Waals surface area contributed by atoms with Crippen molar-refractivity contribution in [2.45, 2.75) is 31.7 Å². The Bertz CT molecular complexity index is 1400. The lowest BCUT2D eigenvalue weighted by Gasteiger charge is -2.10. The summed E-state index contributed by atoms with van der Waals surface area (Å²) in [4.78, 5) is 9.72. The van der Waals surface area contributed by atoms with E-state index in [1.165, 1.54) is 17.5 Å². The van der Waals surface area contributed by atoms with Gasteiger partial charge in [0.05, 0.1) is 24.0 Å². The Morgan fingerprint density at radius 1 is 1.03 bits per heavy atom. The number of aryl methyl sites for hydroxylation is 2. The Balaban J connectivity index is 1.14. The maximum absolute atomic E-state index is 4.90. The summed E-state index contributed by atoms with van der Waals surface area (Å²) in [5.74, 6) is 2.20. The number of para-hydroxylation sites is 1. The summed E-state index contributed by atoms with van der Waals surface area (Å²) in [6.07, 6.45) is 7.03. The van der Waals surface area contributed by atoms with Crippen molar-refractivity contribution in [3.63, 3.8) is 0 Å². The number of rotatable bonds is 7. The summed E-state index contributed by atoms with van der Waals surface area (Å²) in [5.41, 5.74) is 5.28. The monoisotopic (exact) mass is 423 g/mol. The fraction of sp³-hybridized carbons (Fsp3) is 0.280. The SMILES string of the molecule is Cn1ccc(CNc2cc(CCC3CC3c3ccc4ccccc4n3)nc3ccnn23)n1. The number of nitrogens with one attached hydrogen (secondary N) is 1. The van der Waals surface area contributed by atoms with Crippen molar-refractivity contribution in [3.05, 3.63) is 84.1 Å². The summed E-state index contributed by atoms with van der Waals surface area (Å²) in [7, 11) is 1.93. The Kier molecular flexibility index (Phi) is 4.60. The fourth-order valence-corrected chi connectivity index (χ4v) is 4.51. The molecule has 1 aliphatic carbocycles. The van der Waals surface area contributed by atoms with Gasteiger partial charge in [0.1, 0.15) is 5.82 Å². The first-order valence-corrected chi connectivity index (χ1v) is 11.1. The highest BCUT2D eigenvalue weighted by Crippen LogP contribution is 2.49. The topological polar surface area (TPSA) is 72.9 Å². The van der Waals surface area contributed by atoms with E-state index in [2.05, 4.69) is 58.0 Å². The standard InChI is InChI=1S/C25H25N7/c1-31-13-11-20(30-31)16-26-25-15-19(28-24-10-12-27-32(24)25)8-6-18-14-21(18)23-9-7-17-4-2-3-5-22(17)29-23/h2-5,7,9-13,15,18,21,26H,6,8,14,16H2,1H3. The smallest absolute Gasteiger partial charge is 0.157 e. The highest BCUT2D eigenvalue weighted by atomic mass is 15.3. The predicted molar refractivity (Wildman–Crippen MR) is 124 cm³/mol. The maximum atomic E-state index is 4.90. The van der Waals surface area contributed by atoms with Gasteiger partial charge >= 0.3 is 0 Å². The molecule has 32 heavy (non-hydrogen) atoms. The summed E-state index contributed by atoms with van der Waals surface area (Å²) in [5, 5.41) is 13.5. The van der Waals surface area contributed by atoms with Gasteiger partial charge in [-0.2, -0.15) is 14.7 Å². The van der Waals surface area contributed by atoms with Crippen LogP contribution in [0.4, 0.5) is 5.82 Å². The molecule has 2 unspecified atom stereocenters. The van der Waals surface area contributed by atoms with Crippen molar-refractivity contribution in [1.82, 2.24) is 29.4 Å². The van der Waals surface area contributed by atoms with Gasteiger partial charge < -0.3 is 5.32 Å². The molecule has 5 aromatic rings. The molecule has 0 aliphatic heterocycles. The minimum atomic E-state index is 0.569. The van der Waals surface area contributed by atoms with Crippen molar-refractivity contribution in [1.29, 1.82) is 0 Å². The van der Waals surface area contributed by atoms with Crippen LogP contribution in [0.3, 0.4) is 0 Å². The molecule has 0 saturated heterocycles.